The molecule has 0 aromatic heterocycles. The topological polar surface area (TPSA) is 9.23 Å². The van der Waals surface area contributed by atoms with E-state index in [0.717, 1.165) is 25.8 Å². The lowest BCUT2D eigenvalue weighted by molar-refractivity contribution is -0.281. The largest absolute Gasteiger partial charge is 0.358 e. The van der Waals surface area contributed by atoms with E-state index >= 15 is 0 Å². The molecule has 4 atom stereocenters. The zero-order valence-corrected chi connectivity index (χ0v) is 24.2. The fraction of sp³-hybridized carbons (Fsp3) is 0.500. The summed E-state index contributed by atoms with van der Waals surface area (Å²) in [5.74, 6) is -5.44. The Morgan fingerprint density at radius 3 is 1.77 bits per heavy atom. The van der Waals surface area contributed by atoms with E-state index in [4.69, 9.17) is 0 Å². The molecule has 0 saturated heterocycles. The molecule has 0 bridgehead atoms. The first kappa shape index (κ1) is 36.5. The lowest BCUT2D eigenvalue weighted by Crippen LogP contribution is -2.33. The molecule has 0 saturated carbocycles. The summed E-state index contributed by atoms with van der Waals surface area (Å²) in [6, 6.07) is 0. The van der Waals surface area contributed by atoms with Gasteiger partial charge in [0.15, 0.2) is 11.7 Å². The first-order valence-corrected chi connectivity index (χ1v) is 13.1. The molecule has 4 unspecified atom stereocenters. The van der Waals surface area contributed by atoms with Crippen LogP contribution in [0.1, 0.15) is 67.2 Å². The van der Waals surface area contributed by atoms with Crippen LogP contribution in [0, 0.1) is 23.7 Å². The van der Waals surface area contributed by atoms with Gasteiger partial charge in [0.25, 0.3) is 0 Å². The summed E-state index contributed by atoms with van der Waals surface area (Å²) in [5.41, 5.74) is 0.555. The Balaban J connectivity index is 5.12. The van der Waals surface area contributed by atoms with Crippen molar-refractivity contribution in [3.63, 3.8) is 0 Å². The zero-order chi connectivity index (χ0) is 30.7. The number of ether oxygens (including phenoxy) is 1. The zero-order valence-electron chi connectivity index (χ0n) is 24.2. The summed E-state index contributed by atoms with van der Waals surface area (Å²) in [5, 5.41) is 0. The van der Waals surface area contributed by atoms with Gasteiger partial charge in [-0.25, -0.2) is 17.6 Å². The Labute approximate surface area is 231 Å². The highest BCUT2D eigenvalue weighted by molar-refractivity contribution is 5.50. The Morgan fingerprint density at radius 1 is 0.718 bits per heavy atom. The van der Waals surface area contributed by atoms with E-state index in [0.29, 0.717) is 17.6 Å². The molecule has 0 amide bonds. The second kappa shape index (κ2) is 16.5. The average Bonchev–Trinajstić information content (AvgIpc) is 2.83. The van der Waals surface area contributed by atoms with Crippen molar-refractivity contribution in [2.75, 3.05) is 0 Å². The van der Waals surface area contributed by atoms with Crippen molar-refractivity contribution in [3.8, 4) is 0 Å². The summed E-state index contributed by atoms with van der Waals surface area (Å²) < 4.78 is 89.0. The van der Waals surface area contributed by atoms with Crippen LogP contribution in [-0.2, 0) is 4.74 Å². The van der Waals surface area contributed by atoms with Crippen LogP contribution in [0.25, 0.3) is 0 Å². The Hall–Kier alpha value is -2.54. The summed E-state index contributed by atoms with van der Waals surface area (Å²) in [6.45, 7) is 27.9. The second-order valence-corrected chi connectivity index (χ2v) is 10.6. The summed E-state index contributed by atoms with van der Waals surface area (Å²) >= 11 is 0. The van der Waals surface area contributed by atoms with Crippen LogP contribution < -0.4 is 0 Å². The number of allylic oxidation sites excluding steroid dienone is 10. The second-order valence-electron chi connectivity index (χ2n) is 10.6. The molecule has 0 aliphatic carbocycles. The molecule has 39 heavy (non-hydrogen) atoms. The van der Waals surface area contributed by atoms with Gasteiger partial charge in [-0.15, -0.1) is 0 Å². The molecule has 0 aromatic rings. The van der Waals surface area contributed by atoms with Crippen molar-refractivity contribution in [1.29, 1.82) is 0 Å². The standard InChI is InChI=1S/C32H44F6O/c1-19(2)12-13-20(3)22(5)16-29(34)27(10)23(6)17-30(35)26(9)21(4)14-15-24(7)32(37,38)39-25(8)18-31(36)28(11)33/h16-21,24-25H,5-6,9-15H2,1-4,7-8H3/b29-16+,30-17+,31-18+. The maximum atomic E-state index is 14.9. The molecule has 1 nitrogen and oxygen atoms in total. The van der Waals surface area contributed by atoms with Gasteiger partial charge in [0.2, 0.25) is 0 Å². The van der Waals surface area contributed by atoms with E-state index < -0.39 is 47.4 Å². The van der Waals surface area contributed by atoms with Crippen LogP contribution in [0.2, 0.25) is 0 Å². The fourth-order valence-electron chi connectivity index (χ4n) is 3.42. The molecule has 0 heterocycles. The highest BCUT2D eigenvalue weighted by atomic mass is 19.3. The van der Waals surface area contributed by atoms with E-state index in [1.165, 1.54) is 13.0 Å². The molecular formula is C32H44F6O. The Kier molecular flexibility index (Phi) is 15.5. The minimum atomic E-state index is -3.64. The van der Waals surface area contributed by atoms with Gasteiger partial charge in [0.1, 0.15) is 11.7 Å². The van der Waals surface area contributed by atoms with Crippen LogP contribution in [-0.4, -0.2) is 12.2 Å². The Bertz CT molecular complexity index is 998. The van der Waals surface area contributed by atoms with Crippen molar-refractivity contribution in [2.24, 2.45) is 23.7 Å². The van der Waals surface area contributed by atoms with Gasteiger partial charge in [0.05, 0.1) is 6.10 Å². The molecule has 0 aliphatic heterocycles. The van der Waals surface area contributed by atoms with E-state index in [1.54, 1.807) is 6.92 Å². The van der Waals surface area contributed by atoms with Crippen molar-refractivity contribution >= 4 is 0 Å². The van der Waals surface area contributed by atoms with Crippen LogP contribution in [0.3, 0.4) is 0 Å². The van der Waals surface area contributed by atoms with Crippen LogP contribution in [0.4, 0.5) is 26.3 Å². The van der Waals surface area contributed by atoms with Gasteiger partial charge >= 0.3 is 6.11 Å². The normalized spacial score (nSPS) is 16.5. The minimum Gasteiger partial charge on any atom is -0.313 e. The molecule has 0 radical (unpaired) electrons. The van der Waals surface area contributed by atoms with Gasteiger partial charge in [-0.2, -0.15) is 8.78 Å². The SMILES string of the molecule is C=C(/C=C(/F)C(=C)C(C)CCC(C)C(F)(F)OC(C)/C=C(/F)C(=C)F)C(=C)/C(F)=C\C(=C)C(C)CCC(C)C. The predicted molar refractivity (Wildman–Crippen MR) is 151 cm³/mol. The summed E-state index contributed by atoms with van der Waals surface area (Å²) in [4.78, 5) is 0. The van der Waals surface area contributed by atoms with E-state index in [2.05, 4.69) is 51.5 Å². The number of halogens is 6. The third-order valence-electron chi connectivity index (χ3n) is 6.59. The van der Waals surface area contributed by atoms with Crippen LogP contribution in [0.5, 0.6) is 0 Å². The Morgan fingerprint density at radius 2 is 1.26 bits per heavy atom. The smallest absolute Gasteiger partial charge is 0.313 e. The molecular weight excluding hydrogens is 514 g/mol. The maximum absolute atomic E-state index is 14.9. The monoisotopic (exact) mass is 558 g/mol. The number of hydrogen-bond donors (Lipinski definition) is 0. The highest BCUT2D eigenvalue weighted by Crippen LogP contribution is 2.35. The molecule has 0 N–H and O–H groups in total. The number of rotatable bonds is 18. The molecule has 0 aliphatic rings. The third kappa shape index (κ3) is 13.4. The third-order valence-corrected chi connectivity index (χ3v) is 6.59. The molecule has 0 fully saturated rings. The quantitative estimate of drug-likeness (QED) is 0.120. The molecule has 0 rings (SSSR count). The van der Waals surface area contributed by atoms with Crippen molar-refractivity contribution < 1.29 is 31.1 Å². The lowest BCUT2D eigenvalue weighted by atomic mass is 9.91. The first-order valence-electron chi connectivity index (χ1n) is 13.1. The van der Waals surface area contributed by atoms with Crippen molar-refractivity contribution in [3.05, 3.63) is 96.7 Å². The molecule has 220 valence electrons. The van der Waals surface area contributed by atoms with Gasteiger partial charge < -0.3 is 4.74 Å². The van der Waals surface area contributed by atoms with E-state index in [1.807, 2.05) is 6.92 Å². The van der Waals surface area contributed by atoms with Gasteiger partial charge in [-0.05, 0) is 78.9 Å². The maximum Gasteiger partial charge on any atom is 0.358 e. The number of alkyl halides is 2. The average molecular weight is 559 g/mol. The van der Waals surface area contributed by atoms with Gasteiger partial charge in [-0.3, -0.25) is 0 Å². The van der Waals surface area contributed by atoms with Crippen molar-refractivity contribution in [1.82, 2.24) is 0 Å². The summed E-state index contributed by atoms with van der Waals surface area (Å²) in [7, 11) is 0. The molecule has 0 aromatic carbocycles. The summed E-state index contributed by atoms with van der Waals surface area (Å²) in [6.07, 6.45) is -0.281. The minimum absolute atomic E-state index is 0.00997. The predicted octanol–water partition coefficient (Wildman–Crippen LogP) is 11.4. The highest BCUT2D eigenvalue weighted by Gasteiger charge is 2.39. The lowest BCUT2D eigenvalue weighted by Gasteiger charge is -2.27. The number of hydrogen-bond acceptors (Lipinski definition) is 1. The van der Waals surface area contributed by atoms with Gasteiger partial charge in [-0.1, -0.05) is 73.9 Å². The molecule has 0 spiro atoms. The fourth-order valence-corrected chi connectivity index (χ4v) is 3.42. The van der Waals surface area contributed by atoms with Crippen LogP contribution in [0.15, 0.2) is 96.7 Å². The van der Waals surface area contributed by atoms with Crippen molar-refractivity contribution in [2.45, 2.75) is 79.4 Å². The van der Waals surface area contributed by atoms with Gasteiger partial charge in [0, 0.05) is 11.5 Å². The molecule has 7 heteroatoms. The van der Waals surface area contributed by atoms with Crippen LogP contribution >= 0.6 is 0 Å². The first-order chi connectivity index (χ1) is 17.8. The van der Waals surface area contributed by atoms with E-state index in [-0.39, 0.29) is 35.5 Å². The van der Waals surface area contributed by atoms with E-state index in [9.17, 15) is 26.3 Å².